The molecule has 2 rings (SSSR count). The Balaban J connectivity index is 2.20. The van der Waals surface area contributed by atoms with Gasteiger partial charge in [-0.3, -0.25) is 0 Å². The molecule has 1 aliphatic rings. The first-order chi connectivity index (χ1) is 9.99. The molecule has 1 aliphatic carbocycles. The molecule has 0 spiro atoms. The molecule has 1 aromatic carbocycles. The van der Waals surface area contributed by atoms with Gasteiger partial charge in [-0.15, -0.1) is 0 Å². The lowest BCUT2D eigenvalue weighted by Gasteiger charge is -2.51. The van der Waals surface area contributed by atoms with Crippen LogP contribution in [-0.2, 0) is 10.2 Å². The summed E-state index contributed by atoms with van der Waals surface area (Å²) in [6.45, 7) is 2.16. The summed E-state index contributed by atoms with van der Waals surface area (Å²) in [6.07, 6.45) is 6.49. The second-order valence-electron chi connectivity index (χ2n) is 6.62. The molecule has 0 radical (unpaired) electrons. The van der Waals surface area contributed by atoms with E-state index in [4.69, 9.17) is 16.3 Å². The van der Waals surface area contributed by atoms with E-state index in [2.05, 4.69) is 38.1 Å². The van der Waals surface area contributed by atoms with Gasteiger partial charge in [-0.05, 0) is 64.4 Å². The van der Waals surface area contributed by atoms with Gasteiger partial charge in [-0.2, -0.15) is 0 Å². The van der Waals surface area contributed by atoms with Crippen LogP contribution in [0.4, 0.5) is 0 Å². The van der Waals surface area contributed by atoms with Crippen molar-refractivity contribution in [3.8, 4) is 0 Å². The number of benzene rings is 1. The van der Waals surface area contributed by atoms with Gasteiger partial charge in [0.15, 0.2) is 0 Å². The smallest absolute Gasteiger partial charge is 0.0543 e. The van der Waals surface area contributed by atoms with Crippen LogP contribution in [-0.4, -0.2) is 38.3 Å². The molecule has 0 heterocycles. The molecule has 1 aromatic rings. The molecule has 2 atom stereocenters. The zero-order valence-electron chi connectivity index (χ0n) is 13.7. The Morgan fingerprint density at radius 1 is 1.19 bits per heavy atom. The largest absolute Gasteiger partial charge is 0.382 e. The first kappa shape index (κ1) is 16.8. The van der Waals surface area contributed by atoms with Crippen LogP contribution >= 0.6 is 11.6 Å². The fourth-order valence-corrected chi connectivity index (χ4v) is 3.82. The van der Waals surface area contributed by atoms with Crippen LogP contribution in [0.3, 0.4) is 0 Å². The zero-order valence-corrected chi connectivity index (χ0v) is 14.5. The minimum atomic E-state index is 0.293. The van der Waals surface area contributed by atoms with Crippen molar-refractivity contribution >= 4 is 11.6 Å². The van der Waals surface area contributed by atoms with Crippen LogP contribution < -0.4 is 0 Å². The van der Waals surface area contributed by atoms with Crippen molar-refractivity contribution in [3.05, 3.63) is 34.9 Å². The Bertz CT molecular complexity index is 439. The predicted molar refractivity (Wildman–Crippen MR) is 90.2 cm³/mol. The molecule has 0 aromatic heterocycles. The van der Waals surface area contributed by atoms with E-state index in [0.29, 0.717) is 17.6 Å². The zero-order chi connectivity index (χ0) is 15.5. The van der Waals surface area contributed by atoms with E-state index in [1.54, 1.807) is 7.11 Å². The maximum absolute atomic E-state index is 6.06. The maximum Gasteiger partial charge on any atom is 0.0543 e. The summed E-state index contributed by atoms with van der Waals surface area (Å²) in [4.78, 5) is 2.40. The molecule has 2 nitrogen and oxygen atoms in total. The highest BCUT2D eigenvalue weighted by Gasteiger charge is 2.46. The molecule has 21 heavy (non-hydrogen) atoms. The number of likely N-dealkylation sites (N-methyl/N-ethyl adjacent to an activating group) is 1. The van der Waals surface area contributed by atoms with Gasteiger partial charge < -0.3 is 9.64 Å². The van der Waals surface area contributed by atoms with Gasteiger partial charge in [0.2, 0.25) is 0 Å². The lowest BCUT2D eigenvalue weighted by Crippen LogP contribution is -2.52. The molecule has 0 saturated heterocycles. The topological polar surface area (TPSA) is 12.5 Å². The Morgan fingerprint density at radius 2 is 1.81 bits per heavy atom. The predicted octanol–water partition coefficient (Wildman–Crippen LogP) is 4.51. The molecular weight excluding hydrogens is 282 g/mol. The molecule has 0 N–H and O–H groups in total. The van der Waals surface area contributed by atoms with Crippen molar-refractivity contribution in [3.63, 3.8) is 0 Å². The Hall–Kier alpha value is -0.570. The van der Waals surface area contributed by atoms with Gasteiger partial charge in [0.1, 0.15) is 0 Å². The summed E-state index contributed by atoms with van der Waals surface area (Å²) < 4.78 is 5.43. The number of nitrogens with zero attached hydrogens (tertiary/aromatic N) is 1. The summed E-state index contributed by atoms with van der Waals surface area (Å²) in [6, 6.07) is 9.06. The SMILES string of the molecule is COC(C)CCC(N(C)C)C1(c2ccc(Cl)cc2)CCC1. The fourth-order valence-electron chi connectivity index (χ4n) is 3.69. The summed E-state index contributed by atoms with van der Waals surface area (Å²) in [7, 11) is 6.21. The second kappa shape index (κ2) is 7.13. The van der Waals surface area contributed by atoms with Gasteiger partial charge in [0, 0.05) is 23.6 Å². The number of halogens is 1. The average Bonchev–Trinajstić information content (AvgIpc) is 2.42. The first-order valence-electron chi connectivity index (χ1n) is 7.95. The Kier molecular flexibility index (Phi) is 5.70. The van der Waals surface area contributed by atoms with Crippen molar-refractivity contribution in [2.45, 2.75) is 56.6 Å². The molecule has 118 valence electrons. The van der Waals surface area contributed by atoms with Crippen LogP contribution in [0.5, 0.6) is 0 Å². The van der Waals surface area contributed by atoms with Gasteiger partial charge in [-0.1, -0.05) is 30.2 Å². The second-order valence-corrected chi connectivity index (χ2v) is 7.06. The van der Waals surface area contributed by atoms with Gasteiger partial charge in [0.05, 0.1) is 6.10 Å². The summed E-state index contributed by atoms with van der Waals surface area (Å²) in [5.41, 5.74) is 1.74. The highest BCUT2D eigenvalue weighted by atomic mass is 35.5. The standard InChI is InChI=1S/C18H28ClNO/c1-14(21-4)6-11-17(20(2)3)18(12-5-13-18)15-7-9-16(19)10-8-15/h7-10,14,17H,5-6,11-13H2,1-4H3. The van der Waals surface area contributed by atoms with E-state index >= 15 is 0 Å². The molecular formula is C18H28ClNO. The van der Waals surface area contributed by atoms with Gasteiger partial charge >= 0.3 is 0 Å². The maximum atomic E-state index is 6.06. The molecule has 0 amide bonds. The van der Waals surface area contributed by atoms with E-state index in [0.717, 1.165) is 11.4 Å². The Labute approximate surface area is 134 Å². The summed E-state index contributed by atoms with van der Waals surface area (Å²) in [5, 5.41) is 0.822. The Morgan fingerprint density at radius 3 is 2.24 bits per heavy atom. The van der Waals surface area contributed by atoms with E-state index < -0.39 is 0 Å². The van der Waals surface area contributed by atoms with Gasteiger partial charge in [-0.25, -0.2) is 0 Å². The molecule has 0 aliphatic heterocycles. The summed E-state index contributed by atoms with van der Waals surface area (Å²) >= 11 is 6.06. The molecule has 0 bridgehead atoms. The van der Waals surface area contributed by atoms with Crippen LogP contribution in [0.1, 0.15) is 44.6 Å². The van der Waals surface area contributed by atoms with Crippen molar-refractivity contribution in [2.24, 2.45) is 0 Å². The third kappa shape index (κ3) is 3.61. The number of ether oxygens (including phenoxy) is 1. The highest BCUT2D eigenvalue weighted by Crippen LogP contribution is 2.49. The third-order valence-corrected chi connectivity index (χ3v) is 5.43. The van der Waals surface area contributed by atoms with E-state index in [1.807, 2.05) is 12.1 Å². The van der Waals surface area contributed by atoms with Crippen molar-refractivity contribution < 1.29 is 4.74 Å². The minimum absolute atomic E-state index is 0.293. The fraction of sp³-hybridized carbons (Fsp3) is 0.667. The van der Waals surface area contributed by atoms with Crippen LogP contribution in [0, 0.1) is 0 Å². The first-order valence-corrected chi connectivity index (χ1v) is 8.32. The van der Waals surface area contributed by atoms with Crippen molar-refractivity contribution in [1.29, 1.82) is 0 Å². The van der Waals surface area contributed by atoms with Crippen LogP contribution in [0.15, 0.2) is 24.3 Å². The monoisotopic (exact) mass is 309 g/mol. The lowest BCUT2D eigenvalue weighted by atomic mass is 9.59. The van der Waals surface area contributed by atoms with E-state index in [-0.39, 0.29) is 0 Å². The van der Waals surface area contributed by atoms with E-state index in [9.17, 15) is 0 Å². The normalized spacial score (nSPS) is 20.1. The minimum Gasteiger partial charge on any atom is -0.382 e. The molecule has 1 saturated carbocycles. The molecule has 2 unspecified atom stereocenters. The highest BCUT2D eigenvalue weighted by molar-refractivity contribution is 6.30. The number of hydrogen-bond donors (Lipinski definition) is 0. The number of methoxy groups -OCH3 is 1. The van der Waals surface area contributed by atoms with Crippen LogP contribution in [0.25, 0.3) is 0 Å². The van der Waals surface area contributed by atoms with Crippen molar-refractivity contribution in [1.82, 2.24) is 4.90 Å². The molecule has 1 fully saturated rings. The molecule has 3 heteroatoms. The van der Waals surface area contributed by atoms with Gasteiger partial charge in [0.25, 0.3) is 0 Å². The quantitative estimate of drug-likeness (QED) is 0.735. The van der Waals surface area contributed by atoms with E-state index in [1.165, 1.54) is 31.2 Å². The lowest BCUT2D eigenvalue weighted by molar-refractivity contribution is 0.0608. The van der Waals surface area contributed by atoms with Crippen LogP contribution in [0.2, 0.25) is 5.02 Å². The third-order valence-electron chi connectivity index (χ3n) is 5.18. The average molecular weight is 310 g/mol. The number of rotatable bonds is 7. The summed E-state index contributed by atoms with van der Waals surface area (Å²) in [5.74, 6) is 0. The van der Waals surface area contributed by atoms with Crippen molar-refractivity contribution in [2.75, 3.05) is 21.2 Å². The number of hydrogen-bond acceptors (Lipinski definition) is 2.